The fourth-order valence-corrected chi connectivity index (χ4v) is 2.06. The molecular weight excluding hydrogens is 256 g/mol. The highest BCUT2D eigenvalue weighted by Crippen LogP contribution is 2.29. The number of rotatable bonds is 4. The third-order valence-electron chi connectivity index (χ3n) is 2.48. The Morgan fingerprint density at radius 2 is 2.20 bits per heavy atom. The maximum atomic E-state index is 11.3. The number of alkyl halides is 1. The molecule has 1 N–H and O–H groups in total. The van der Waals surface area contributed by atoms with Gasteiger partial charge in [0.15, 0.2) is 0 Å². The maximum absolute atomic E-state index is 11.3. The first kappa shape index (κ1) is 12.4. The van der Waals surface area contributed by atoms with Gasteiger partial charge in [0, 0.05) is 0 Å². The van der Waals surface area contributed by atoms with E-state index in [0.29, 0.717) is 0 Å². The highest BCUT2D eigenvalue weighted by molar-refractivity contribution is 9.09. The minimum Gasteiger partial charge on any atom is -0.392 e. The molecule has 0 aliphatic rings. The summed E-state index contributed by atoms with van der Waals surface area (Å²) in [5.41, 5.74) is 2.85. The minimum atomic E-state index is -0.314. The number of aryl methyl sites for hydroxylation is 1. The monoisotopic (exact) mass is 270 g/mol. The molecular formula is C12H15BrO2. The molecule has 1 aromatic rings. The zero-order chi connectivity index (χ0) is 11.4. The second kappa shape index (κ2) is 5.42. The van der Waals surface area contributed by atoms with Gasteiger partial charge < -0.3 is 5.11 Å². The molecule has 0 aliphatic carbocycles. The van der Waals surface area contributed by atoms with Crippen molar-refractivity contribution in [3.05, 3.63) is 34.9 Å². The molecule has 0 saturated heterocycles. The Labute approximate surface area is 98.4 Å². The summed E-state index contributed by atoms with van der Waals surface area (Å²) in [6, 6.07) is 5.78. The van der Waals surface area contributed by atoms with Crippen molar-refractivity contribution in [2.24, 2.45) is 0 Å². The number of hydrogen-bond acceptors (Lipinski definition) is 2. The lowest BCUT2D eigenvalue weighted by Gasteiger charge is -2.14. The zero-order valence-electron chi connectivity index (χ0n) is 8.96. The van der Waals surface area contributed by atoms with Gasteiger partial charge in [-0.1, -0.05) is 41.1 Å². The third-order valence-corrected chi connectivity index (χ3v) is 3.62. The molecule has 1 aromatic carbocycles. The smallest absolute Gasteiger partial charge is 0.147 e. The summed E-state index contributed by atoms with van der Waals surface area (Å²) in [7, 11) is 0. The molecule has 0 saturated carbocycles. The highest BCUT2D eigenvalue weighted by Gasteiger charge is 2.17. The molecule has 0 spiro atoms. The quantitative estimate of drug-likeness (QED) is 0.855. The van der Waals surface area contributed by atoms with Gasteiger partial charge in [0.05, 0.1) is 11.4 Å². The van der Waals surface area contributed by atoms with Crippen LogP contribution in [-0.2, 0) is 17.8 Å². The van der Waals surface area contributed by atoms with E-state index < -0.39 is 0 Å². The first-order valence-corrected chi connectivity index (χ1v) is 5.89. The van der Waals surface area contributed by atoms with Crippen molar-refractivity contribution < 1.29 is 9.90 Å². The summed E-state index contributed by atoms with van der Waals surface area (Å²) in [6.07, 6.45) is 0.862. The van der Waals surface area contributed by atoms with Crippen LogP contribution in [0, 0.1) is 0 Å². The molecule has 15 heavy (non-hydrogen) atoms. The van der Waals surface area contributed by atoms with E-state index >= 15 is 0 Å². The summed E-state index contributed by atoms with van der Waals surface area (Å²) >= 11 is 3.34. The first-order chi connectivity index (χ1) is 7.11. The van der Waals surface area contributed by atoms with E-state index in [2.05, 4.69) is 15.9 Å². The molecule has 0 amide bonds. The van der Waals surface area contributed by atoms with Crippen LogP contribution in [-0.4, -0.2) is 10.9 Å². The molecule has 0 bridgehead atoms. The number of Topliss-reactive ketones (excluding diaryl/α,β-unsaturated/α-hetero) is 1. The fourth-order valence-electron chi connectivity index (χ4n) is 1.64. The lowest BCUT2D eigenvalue weighted by atomic mass is 9.96. The van der Waals surface area contributed by atoms with Gasteiger partial charge >= 0.3 is 0 Å². The Balaban J connectivity index is 3.22. The number of carbonyl (C=O) groups excluding carboxylic acids is 1. The number of aliphatic hydroxyl groups is 1. The molecule has 82 valence electrons. The van der Waals surface area contributed by atoms with Crippen LogP contribution in [0.3, 0.4) is 0 Å². The van der Waals surface area contributed by atoms with E-state index in [1.54, 1.807) is 6.92 Å². The topological polar surface area (TPSA) is 37.3 Å². The Morgan fingerprint density at radius 1 is 1.53 bits per heavy atom. The van der Waals surface area contributed by atoms with Crippen LogP contribution >= 0.6 is 15.9 Å². The summed E-state index contributed by atoms with van der Waals surface area (Å²) in [6.45, 7) is 3.56. The molecule has 0 aromatic heterocycles. The van der Waals surface area contributed by atoms with Crippen LogP contribution < -0.4 is 0 Å². The predicted octanol–water partition coefficient (Wildman–Crippen LogP) is 2.77. The summed E-state index contributed by atoms with van der Waals surface area (Å²) < 4.78 is 0. The zero-order valence-corrected chi connectivity index (χ0v) is 10.5. The highest BCUT2D eigenvalue weighted by atomic mass is 79.9. The largest absolute Gasteiger partial charge is 0.392 e. The van der Waals surface area contributed by atoms with Crippen molar-refractivity contribution in [1.29, 1.82) is 0 Å². The van der Waals surface area contributed by atoms with Gasteiger partial charge in [-0.2, -0.15) is 0 Å². The number of halogens is 1. The second-order valence-corrected chi connectivity index (χ2v) is 4.39. The van der Waals surface area contributed by atoms with Gasteiger partial charge in [-0.15, -0.1) is 0 Å². The standard InChI is InChI=1S/C12H15BrO2/c1-3-9-5-4-6-10(11(9)7-14)12(13)8(2)15/h4-6,12,14H,3,7H2,1-2H3. The summed E-state index contributed by atoms with van der Waals surface area (Å²) in [5, 5.41) is 9.33. The van der Waals surface area contributed by atoms with Gasteiger partial charge in [0.1, 0.15) is 5.78 Å². The van der Waals surface area contributed by atoms with Gasteiger partial charge in [-0.25, -0.2) is 0 Å². The molecule has 0 heterocycles. The summed E-state index contributed by atoms with van der Waals surface area (Å²) in [5.74, 6) is 0.0537. The number of benzene rings is 1. The second-order valence-electron chi connectivity index (χ2n) is 3.47. The van der Waals surface area contributed by atoms with Crippen LogP contribution in [0.25, 0.3) is 0 Å². The Morgan fingerprint density at radius 3 is 2.67 bits per heavy atom. The van der Waals surface area contributed by atoms with Gasteiger partial charge in [-0.05, 0) is 30.0 Å². The van der Waals surface area contributed by atoms with Crippen molar-refractivity contribution in [3.8, 4) is 0 Å². The van der Waals surface area contributed by atoms with E-state index in [1.165, 1.54) is 0 Å². The van der Waals surface area contributed by atoms with Crippen LogP contribution in [0.1, 0.15) is 35.4 Å². The van der Waals surface area contributed by atoms with Gasteiger partial charge in [0.2, 0.25) is 0 Å². The molecule has 2 nitrogen and oxygen atoms in total. The van der Waals surface area contributed by atoms with E-state index in [4.69, 9.17) is 0 Å². The van der Waals surface area contributed by atoms with Crippen molar-refractivity contribution in [2.45, 2.75) is 31.7 Å². The number of ketones is 1. The van der Waals surface area contributed by atoms with Crippen LogP contribution in [0.2, 0.25) is 0 Å². The van der Waals surface area contributed by atoms with Crippen LogP contribution in [0.5, 0.6) is 0 Å². The van der Waals surface area contributed by atoms with E-state index in [-0.39, 0.29) is 17.2 Å². The fraction of sp³-hybridized carbons (Fsp3) is 0.417. The lowest BCUT2D eigenvalue weighted by molar-refractivity contribution is -0.116. The summed E-state index contributed by atoms with van der Waals surface area (Å²) in [4.78, 5) is 11.0. The maximum Gasteiger partial charge on any atom is 0.147 e. The Bertz CT molecular complexity index is 361. The van der Waals surface area contributed by atoms with Gasteiger partial charge in [0.25, 0.3) is 0 Å². The van der Waals surface area contributed by atoms with Gasteiger partial charge in [-0.3, -0.25) is 4.79 Å². The first-order valence-electron chi connectivity index (χ1n) is 4.97. The van der Waals surface area contributed by atoms with E-state index in [9.17, 15) is 9.90 Å². The third kappa shape index (κ3) is 2.67. The molecule has 1 rings (SSSR count). The average molecular weight is 271 g/mol. The van der Waals surface area contributed by atoms with E-state index in [1.807, 2.05) is 25.1 Å². The SMILES string of the molecule is CCc1cccc(C(Br)C(C)=O)c1CO. The van der Waals surface area contributed by atoms with Crippen molar-refractivity contribution >= 4 is 21.7 Å². The molecule has 0 radical (unpaired) electrons. The van der Waals surface area contributed by atoms with Crippen LogP contribution in [0.15, 0.2) is 18.2 Å². The van der Waals surface area contributed by atoms with Crippen LogP contribution in [0.4, 0.5) is 0 Å². The average Bonchev–Trinajstić information content (AvgIpc) is 2.26. The molecule has 1 unspecified atom stereocenters. The normalized spacial score (nSPS) is 12.5. The molecule has 0 fully saturated rings. The van der Waals surface area contributed by atoms with Crippen molar-refractivity contribution in [3.63, 3.8) is 0 Å². The molecule has 3 heteroatoms. The Kier molecular flexibility index (Phi) is 4.48. The predicted molar refractivity (Wildman–Crippen MR) is 64.1 cm³/mol. The van der Waals surface area contributed by atoms with Crippen molar-refractivity contribution in [2.75, 3.05) is 0 Å². The molecule has 1 atom stereocenters. The number of aliphatic hydroxyl groups excluding tert-OH is 1. The van der Waals surface area contributed by atoms with E-state index in [0.717, 1.165) is 23.1 Å². The van der Waals surface area contributed by atoms with Crippen molar-refractivity contribution in [1.82, 2.24) is 0 Å². The molecule has 0 aliphatic heterocycles. The minimum absolute atomic E-state index is 0.0191. The number of hydrogen-bond donors (Lipinski definition) is 1. The lowest BCUT2D eigenvalue weighted by Crippen LogP contribution is -2.07. The Hall–Kier alpha value is -0.670. The number of carbonyl (C=O) groups is 1.